The summed E-state index contributed by atoms with van der Waals surface area (Å²) in [5.41, 5.74) is 2.75. The normalized spacial score (nSPS) is 12.1. The molecule has 0 amide bonds. The highest BCUT2D eigenvalue weighted by Crippen LogP contribution is 2.36. The van der Waals surface area contributed by atoms with Gasteiger partial charge in [-0.2, -0.15) is 8.42 Å². The van der Waals surface area contributed by atoms with Gasteiger partial charge in [0.05, 0.1) is 10.5 Å². The minimum Gasteiger partial charge on any atom is -0.372 e. The molecule has 3 aromatic rings. The van der Waals surface area contributed by atoms with E-state index in [1.54, 1.807) is 44.2 Å². The van der Waals surface area contributed by atoms with Crippen molar-refractivity contribution in [3.8, 4) is 20.9 Å². The Morgan fingerprint density at radius 3 is 1.61 bits per heavy atom. The van der Waals surface area contributed by atoms with Crippen LogP contribution < -0.4 is 4.90 Å². The van der Waals surface area contributed by atoms with Crippen LogP contribution in [0.25, 0.3) is 20.9 Å². The fraction of sp³-hybridized carbons (Fsp3) is 0.500. The Kier molecular flexibility index (Phi) is 11.4. The van der Waals surface area contributed by atoms with Gasteiger partial charge in [-0.05, 0) is 81.1 Å². The number of benzene rings is 2. The lowest BCUT2D eigenvalue weighted by Crippen LogP contribution is -2.25. The molecular formula is C32H45NO3S2. The summed E-state index contributed by atoms with van der Waals surface area (Å²) in [6, 6.07) is 20.2. The molecule has 3 rings (SSSR count). The number of nitrogens with zero attached hydrogens (tertiary/aromatic N) is 1. The summed E-state index contributed by atoms with van der Waals surface area (Å²) in [7, 11) is -3.78. The molecule has 38 heavy (non-hydrogen) atoms. The van der Waals surface area contributed by atoms with Gasteiger partial charge >= 0.3 is 0 Å². The zero-order valence-electron chi connectivity index (χ0n) is 23.8. The molecule has 0 unspecified atom stereocenters. The predicted octanol–water partition coefficient (Wildman–Crippen LogP) is 9.55. The van der Waals surface area contributed by atoms with Crippen molar-refractivity contribution in [3.05, 3.63) is 60.7 Å². The molecule has 0 saturated heterocycles. The molecule has 0 spiro atoms. The maximum atomic E-state index is 12.5. The fourth-order valence-corrected chi connectivity index (χ4v) is 6.72. The van der Waals surface area contributed by atoms with Gasteiger partial charge in [0.2, 0.25) is 0 Å². The van der Waals surface area contributed by atoms with Gasteiger partial charge in [-0.1, -0.05) is 76.6 Å². The highest BCUT2D eigenvalue weighted by Gasteiger charge is 2.24. The Morgan fingerprint density at radius 2 is 1.16 bits per heavy atom. The Morgan fingerprint density at radius 1 is 0.684 bits per heavy atom. The van der Waals surface area contributed by atoms with Crippen molar-refractivity contribution in [2.45, 2.75) is 96.5 Å². The summed E-state index contributed by atoms with van der Waals surface area (Å²) in [4.78, 5) is 5.06. The fourth-order valence-electron chi connectivity index (χ4n) is 4.48. The first-order chi connectivity index (χ1) is 18.1. The molecule has 6 heteroatoms. The average molecular weight is 556 g/mol. The smallest absolute Gasteiger partial charge is 0.297 e. The standard InChI is InChI=1S/C32H45NO3S2/c1-6-8-10-12-24-33(25-13-11-9-7-2)28-18-14-26(15-19-28)30-22-23-31(37-30)27-16-20-29(21-17-27)38(34,35)36-32(3,4)5/h14-23H,6-13,24-25H2,1-5H3. The molecule has 0 aliphatic heterocycles. The van der Waals surface area contributed by atoms with E-state index in [2.05, 4.69) is 55.1 Å². The van der Waals surface area contributed by atoms with Crippen LogP contribution in [0, 0.1) is 0 Å². The Hall–Kier alpha value is -2.15. The van der Waals surface area contributed by atoms with E-state index in [0.29, 0.717) is 0 Å². The number of anilines is 1. The molecule has 0 radical (unpaired) electrons. The minimum atomic E-state index is -3.78. The van der Waals surface area contributed by atoms with Crippen molar-refractivity contribution in [2.75, 3.05) is 18.0 Å². The predicted molar refractivity (Wildman–Crippen MR) is 164 cm³/mol. The second-order valence-corrected chi connectivity index (χ2v) is 13.6. The summed E-state index contributed by atoms with van der Waals surface area (Å²) >= 11 is 1.72. The highest BCUT2D eigenvalue weighted by atomic mass is 32.2. The third kappa shape index (κ3) is 9.25. The van der Waals surface area contributed by atoms with Gasteiger partial charge in [0.15, 0.2) is 0 Å². The third-order valence-corrected chi connectivity index (χ3v) is 9.23. The molecular weight excluding hydrogens is 510 g/mol. The van der Waals surface area contributed by atoms with E-state index in [1.165, 1.54) is 67.5 Å². The topological polar surface area (TPSA) is 46.6 Å². The molecule has 2 aromatic carbocycles. The summed E-state index contributed by atoms with van der Waals surface area (Å²) in [5.74, 6) is 0. The number of rotatable bonds is 15. The SMILES string of the molecule is CCCCCCN(CCCCCC)c1ccc(-c2ccc(-c3ccc(S(=O)(=O)OC(C)(C)C)cc3)s2)cc1. The van der Waals surface area contributed by atoms with E-state index >= 15 is 0 Å². The van der Waals surface area contributed by atoms with E-state index in [0.717, 1.165) is 23.5 Å². The first kappa shape index (κ1) is 30.4. The van der Waals surface area contributed by atoms with Crippen molar-refractivity contribution in [1.82, 2.24) is 0 Å². The van der Waals surface area contributed by atoms with Crippen LogP contribution in [0.15, 0.2) is 65.6 Å². The van der Waals surface area contributed by atoms with E-state index in [4.69, 9.17) is 4.18 Å². The van der Waals surface area contributed by atoms with Crippen LogP contribution in [-0.4, -0.2) is 27.1 Å². The van der Waals surface area contributed by atoms with Gasteiger partial charge in [0.1, 0.15) is 0 Å². The first-order valence-electron chi connectivity index (χ1n) is 14.1. The third-order valence-electron chi connectivity index (χ3n) is 6.47. The molecule has 0 fully saturated rings. The van der Waals surface area contributed by atoms with Crippen molar-refractivity contribution < 1.29 is 12.6 Å². The van der Waals surface area contributed by atoms with Crippen molar-refractivity contribution >= 4 is 27.1 Å². The molecule has 208 valence electrons. The van der Waals surface area contributed by atoms with Crippen LogP contribution in [0.2, 0.25) is 0 Å². The molecule has 0 saturated carbocycles. The summed E-state index contributed by atoms with van der Waals surface area (Å²) in [5, 5.41) is 0. The lowest BCUT2D eigenvalue weighted by Gasteiger charge is -2.25. The van der Waals surface area contributed by atoms with Crippen LogP contribution in [0.5, 0.6) is 0 Å². The number of hydrogen-bond acceptors (Lipinski definition) is 5. The second kappa shape index (κ2) is 14.3. The molecule has 1 heterocycles. The van der Waals surface area contributed by atoms with Gasteiger partial charge < -0.3 is 4.90 Å². The van der Waals surface area contributed by atoms with Crippen LogP contribution in [0.1, 0.15) is 86.0 Å². The van der Waals surface area contributed by atoms with E-state index in [9.17, 15) is 8.42 Å². The van der Waals surface area contributed by atoms with E-state index < -0.39 is 15.7 Å². The van der Waals surface area contributed by atoms with Gasteiger partial charge in [-0.15, -0.1) is 11.3 Å². The number of thiophene rings is 1. The van der Waals surface area contributed by atoms with Crippen LogP contribution in [0.3, 0.4) is 0 Å². The largest absolute Gasteiger partial charge is 0.372 e. The molecule has 0 bridgehead atoms. The van der Waals surface area contributed by atoms with Gasteiger partial charge in [-0.3, -0.25) is 4.18 Å². The minimum absolute atomic E-state index is 0.178. The summed E-state index contributed by atoms with van der Waals surface area (Å²) < 4.78 is 30.3. The van der Waals surface area contributed by atoms with Crippen molar-refractivity contribution in [1.29, 1.82) is 0 Å². The first-order valence-corrected chi connectivity index (χ1v) is 16.4. The van der Waals surface area contributed by atoms with Crippen LogP contribution >= 0.6 is 11.3 Å². The quantitative estimate of drug-likeness (QED) is 0.138. The Bertz CT molecular complexity index is 1190. The molecule has 0 N–H and O–H groups in total. The van der Waals surface area contributed by atoms with E-state index in [-0.39, 0.29) is 4.90 Å². The highest BCUT2D eigenvalue weighted by molar-refractivity contribution is 7.86. The Labute approximate surface area is 235 Å². The van der Waals surface area contributed by atoms with E-state index in [1.807, 2.05) is 12.1 Å². The van der Waals surface area contributed by atoms with Crippen molar-refractivity contribution in [2.24, 2.45) is 0 Å². The van der Waals surface area contributed by atoms with Gasteiger partial charge in [0, 0.05) is 28.5 Å². The van der Waals surface area contributed by atoms with Crippen LogP contribution in [-0.2, 0) is 14.3 Å². The average Bonchev–Trinajstić information content (AvgIpc) is 3.37. The van der Waals surface area contributed by atoms with Gasteiger partial charge in [0.25, 0.3) is 10.1 Å². The molecule has 1 aromatic heterocycles. The summed E-state index contributed by atoms with van der Waals surface area (Å²) in [6.07, 6.45) is 10.3. The second-order valence-electron chi connectivity index (χ2n) is 11.0. The number of hydrogen-bond donors (Lipinski definition) is 0. The number of unbranched alkanes of at least 4 members (excludes halogenated alkanes) is 6. The zero-order chi connectivity index (χ0) is 27.6. The zero-order valence-corrected chi connectivity index (χ0v) is 25.5. The molecule has 4 nitrogen and oxygen atoms in total. The summed E-state index contributed by atoms with van der Waals surface area (Å²) in [6.45, 7) is 12.0. The maximum absolute atomic E-state index is 12.5. The molecule has 0 atom stereocenters. The molecule has 0 aliphatic rings. The lowest BCUT2D eigenvalue weighted by molar-refractivity contribution is 0.139. The monoisotopic (exact) mass is 555 g/mol. The van der Waals surface area contributed by atoms with Crippen LogP contribution in [0.4, 0.5) is 5.69 Å². The molecule has 0 aliphatic carbocycles. The lowest BCUT2D eigenvalue weighted by atomic mass is 10.1. The van der Waals surface area contributed by atoms with Gasteiger partial charge in [-0.25, -0.2) is 0 Å². The maximum Gasteiger partial charge on any atom is 0.297 e. The van der Waals surface area contributed by atoms with Crippen molar-refractivity contribution in [3.63, 3.8) is 0 Å². The Balaban J connectivity index is 1.70.